The fourth-order valence-corrected chi connectivity index (χ4v) is 6.17. The predicted octanol–water partition coefficient (Wildman–Crippen LogP) is 2.60. The maximum Gasteiger partial charge on any atom is 0.262 e. The van der Waals surface area contributed by atoms with E-state index in [2.05, 4.69) is 0 Å². The third-order valence-corrected chi connectivity index (χ3v) is 7.45. The SMILES string of the molecule is C[C@H]1CN(C(=O)CSc2nc3sc4c(c3c(=O)n2C)CCCC4)C[C@H](C)O1. The summed E-state index contributed by atoms with van der Waals surface area (Å²) in [5, 5.41) is 1.41. The lowest BCUT2D eigenvalue weighted by Crippen LogP contribution is -2.48. The first-order chi connectivity index (χ1) is 12.9. The summed E-state index contributed by atoms with van der Waals surface area (Å²) in [6.07, 6.45) is 4.46. The number of thiophene rings is 1. The van der Waals surface area contributed by atoms with Crippen LogP contribution in [0, 0.1) is 0 Å². The molecule has 0 bridgehead atoms. The molecule has 2 atom stereocenters. The Morgan fingerprint density at radius 1 is 1.26 bits per heavy atom. The smallest absolute Gasteiger partial charge is 0.262 e. The first-order valence-corrected chi connectivity index (χ1v) is 11.3. The number of fused-ring (bicyclic) bond motifs is 3. The molecule has 1 aliphatic carbocycles. The topological polar surface area (TPSA) is 64.4 Å². The summed E-state index contributed by atoms with van der Waals surface area (Å²) in [5.41, 5.74) is 1.22. The van der Waals surface area contributed by atoms with E-state index in [-0.39, 0.29) is 29.4 Å². The van der Waals surface area contributed by atoms with Crippen molar-refractivity contribution in [3.63, 3.8) is 0 Å². The van der Waals surface area contributed by atoms with Gasteiger partial charge in [0.2, 0.25) is 5.91 Å². The molecule has 2 aromatic heterocycles. The Hall–Kier alpha value is -1.38. The van der Waals surface area contributed by atoms with Crippen LogP contribution in [0.25, 0.3) is 10.2 Å². The Morgan fingerprint density at radius 3 is 2.70 bits per heavy atom. The molecule has 2 aliphatic rings. The van der Waals surface area contributed by atoms with Crippen molar-refractivity contribution in [2.45, 2.75) is 56.9 Å². The lowest BCUT2D eigenvalue weighted by atomic mass is 9.97. The molecular formula is C19H25N3O3S2. The molecule has 1 amide bonds. The van der Waals surface area contributed by atoms with Crippen LogP contribution in [0.5, 0.6) is 0 Å². The number of nitrogens with zero attached hydrogens (tertiary/aromatic N) is 3. The first kappa shape index (κ1) is 19.0. The average molecular weight is 408 g/mol. The number of rotatable bonds is 3. The van der Waals surface area contributed by atoms with E-state index in [9.17, 15) is 9.59 Å². The van der Waals surface area contributed by atoms with Gasteiger partial charge in [0, 0.05) is 25.0 Å². The molecule has 6 nitrogen and oxygen atoms in total. The van der Waals surface area contributed by atoms with Gasteiger partial charge in [-0.1, -0.05) is 11.8 Å². The van der Waals surface area contributed by atoms with Crippen LogP contribution in [-0.2, 0) is 29.4 Å². The Labute approximate surface area is 166 Å². The largest absolute Gasteiger partial charge is 0.372 e. The van der Waals surface area contributed by atoms with E-state index in [1.165, 1.54) is 28.6 Å². The normalized spacial score (nSPS) is 22.9. The number of carbonyl (C=O) groups excluding carboxylic acids is 1. The van der Waals surface area contributed by atoms with Crippen LogP contribution >= 0.6 is 23.1 Å². The van der Waals surface area contributed by atoms with E-state index < -0.39 is 0 Å². The van der Waals surface area contributed by atoms with E-state index in [1.54, 1.807) is 23.0 Å². The van der Waals surface area contributed by atoms with Crippen LogP contribution in [0.4, 0.5) is 0 Å². The van der Waals surface area contributed by atoms with Crippen molar-refractivity contribution in [2.75, 3.05) is 18.8 Å². The van der Waals surface area contributed by atoms with E-state index in [4.69, 9.17) is 9.72 Å². The second kappa shape index (κ2) is 7.56. The lowest BCUT2D eigenvalue weighted by molar-refractivity contribution is -0.140. The summed E-state index contributed by atoms with van der Waals surface area (Å²) in [5.74, 6) is 0.359. The van der Waals surface area contributed by atoms with Gasteiger partial charge in [0.05, 0.1) is 23.3 Å². The van der Waals surface area contributed by atoms with Crippen LogP contribution in [0.3, 0.4) is 0 Å². The second-order valence-electron chi connectivity index (χ2n) is 7.49. The fraction of sp³-hybridized carbons (Fsp3) is 0.632. The zero-order valence-corrected chi connectivity index (χ0v) is 17.6. The number of hydrogen-bond donors (Lipinski definition) is 0. The summed E-state index contributed by atoms with van der Waals surface area (Å²) >= 11 is 3.00. The molecule has 0 saturated carbocycles. The van der Waals surface area contributed by atoms with Crippen molar-refractivity contribution in [3.8, 4) is 0 Å². The van der Waals surface area contributed by atoms with Crippen LogP contribution in [-0.4, -0.2) is 51.4 Å². The van der Waals surface area contributed by atoms with Crippen molar-refractivity contribution in [3.05, 3.63) is 20.8 Å². The summed E-state index contributed by atoms with van der Waals surface area (Å²) in [7, 11) is 1.76. The summed E-state index contributed by atoms with van der Waals surface area (Å²) in [6, 6.07) is 0. The van der Waals surface area contributed by atoms with E-state index in [0.717, 1.165) is 29.5 Å². The third-order valence-electron chi connectivity index (χ3n) is 5.25. The Bertz CT molecular complexity index is 926. The van der Waals surface area contributed by atoms with E-state index in [1.807, 2.05) is 18.7 Å². The second-order valence-corrected chi connectivity index (χ2v) is 9.52. The molecule has 0 N–H and O–H groups in total. The van der Waals surface area contributed by atoms with Gasteiger partial charge in [0.1, 0.15) is 4.83 Å². The molecule has 2 aromatic rings. The molecule has 4 rings (SSSR count). The highest BCUT2D eigenvalue weighted by molar-refractivity contribution is 7.99. The first-order valence-electron chi connectivity index (χ1n) is 9.51. The molecule has 0 aromatic carbocycles. The van der Waals surface area contributed by atoms with Crippen molar-refractivity contribution in [1.82, 2.24) is 14.5 Å². The Morgan fingerprint density at radius 2 is 1.96 bits per heavy atom. The molecule has 0 unspecified atom stereocenters. The minimum atomic E-state index is 0.0166. The molecular weight excluding hydrogens is 382 g/mol. The molecule has 0 spiro atoms. The van der Waals surface area contributed by atoms with Gasteiger partial charge in [0.15, 0.2) is 5.16 Å². The molecule has 1 saturated heterocycles. The van der Waals surface area contributed by atoms with Crippen molar-refractivity contribution < 1.29 is 9.53 Å². The van der Waals surface area contributed by atoms with Crippen molar-refractivity contribution >= 4 is 39.2 Å². The van der Waals surface area contributed by atoms with Crippen LogP contribution in [0.1, 0.15) is 37.1 Å². The van der Waals surface area contributed by atoms with Gasteiger partial charge < -0.3 is 9.64 Å². The number of amides is 1. The summed E-state index contributed by atoms with van der Waals surface area (Å²) in [6.45, 7) is 5.21. The number of ether oxygens (including phenoxy) is 1. The minimum Gasteiger partial charge on any atom is -0.372 e. The molecule has 3 heterocycles. The minimum absolute atomic E-state index is 0.0166. The number of aryl methyl sites for hydroxylation is 2. The van der Waals surface area contributed by atoms with Crippen molar-refractivity contribution in [1.29, 1.82) is 0 Å². The highest BCUT2D eigenvalue weighted by atomic mass is 32.2. The summed E-state index contributed by atoms with van der Waals surface area (Å²) < 4.78 is 7.30. The monoisotopic (exact) mass is 407 g/mol. The maximum absolute atomic E-state index is 12.9. The lowest BCUT2D eigenvalue weighted by Gasteiger charge is -2.35. The summed E-state index contributed by atoms with van der Waals surface area (Å²) in [4.78, 5) is 34.3. The molecule has 27 heavy (non-hydrogen) atoms. The standard InChI is InChI=1S/C19H25N3O3S2/c1-11-8-22(9-12(2)25-11)15(23)10-26-19-20-17-16(18(24)21(19)3)13-6-4-5-7-14(13)27-17/h11-12H,4-10H2,1-3H3/t11-,12-/m0/s1. The number of carbonyl (C=O) groups is 1. The van der Waals surface area contributed by atoms with Gasteiger partial charge in [0.25, 0.3) is 5.56 Å². The zero-order chi connectivity index (χ0) is 19.1. The molecule has 146 valence electrons. The molecule has 1 fully saturated rings. The number of morpholine rings is 1. The number of thioether (sulfide) groups is 1. The van der Waals surface area contributed by atoms with Gasteiger partial charge in [-0.3, -0.25) is 14.2 Å². The third kappa shape index (κ3) is 3.67. The van der Waals surface area contributed by atoms with E-state index in [0.29, 0.717) is 18.2 Å². The van der Waals surface area contributed by atoms with Gasteiger partial charge in [-0.15, -0.1) is 11.3 Å². The van der Waals surface area contributed by atoms with Crippen LogP contribution in [0.2, 0.25) is 0 Å². The van der Waals surface area contributed by atoms with Gasteiger partial charge in [-0.2, -0.15) is 0 Å². The van der Waals surface area contributed by atoms with Gasteiger partial charge in [-0.05, 0) is 45.1 Å². The molecule has 0 radical (unpaired) electrons. The van der Waals surface area contributed by atoms with E-state index >= 15 is 0 Å². The van der Waals surface area contributed by atoms with Gasteiger partial charge in [-0.25, -0.2) is 4.98 Å². The Kier molecular flexibility index (Phi) is 5.31. The molecule has 8 heteroatoms. The number of hydrogen-bond acceptors (Lipinski definition) is 6. The predicted molar refractivity (Wildman–Crippen MR) is 109 cm³/mol. The van der Waals surface area contributed by atoms with Crippen LogP contribution in [0.15, 0.2) is 9.95 Å². The van der Waals surface area contributed by atoms with Crippen LogP contribution < -0.4 is 5.56 Å². The van der Waals surface area contributed by atoms with Gasteiger partial charge >= 0.3 is 0 Å². The molecule has 1 aliphatic heterocycles. The highest BCUT2D eigenvalue weighted by Crippen LogP contribution is 2.34. The average Bonchev–Trinajstić information content (AvgIpc) is 3.00. The zero-order valence-electron chi connectivity index (χ0n) is 16.0. The Balaban J connectivity index is 1.55. The fourth-order valence-electron chi connectivity index (χ4n) is 4.00. The van der Waals surface area contributed by atoms with Crippen molar-refractivity contribution in [2.24, 2.45) is 7.05 Å². The quantitative estimate of drug-likeness (QED) is 0.578. The number of aromatic nitrogens is 2. The maximum atomic E-state index is 12.9. The highest BCUT2D eigenvalue weighted by Gasteiger charge is 2.26.